The number of hydrogen-bond donors (Lipinski definition) is 2. The minimum absolute atomic E-state index is 0.0705. The zero-order valence-corrected chi connectivity index (χ0v) is 18.8. The Morgan fingerprint density at radius 1 is 0.618 bits per heavy atom. The summed E-state index contributed by atoms with van der Waals surface area (Å²) >= 11 is 0. The smallest absolute Gasteiger partial charge is 0.167 e. The highest BCUT2D eigenvalue weighted by Gasteiger charge is 2.49. The maximum absolute atomic E-state index is 14.6. The molecule has 0 heterocycles. The van der Waals surface area contributed by atoms with E-state index < -0.39 is 11.6 Å². The molecule has 4 saturated carbocycles. The molecule has 6 heteroatoms. The first-order valence-corrected chi connectivity index (χ1v) is 12.0. The van der Waals surface area contributed by atoms with Gasteiger partial charge in [-0.2, -0.15) is 0 Å². The van der Waals surface area contributed by atoms with Gasteiger partial charge in [-0.25, -0.2) is 8.78 Å². The molecule has 0 spiro atoms. The third-order valence-corrected chi connectivity index (χ3v) is 7.93. The van der Waals surface area contributed by atoms with Crippen LogP contribution in [0.4, 0.5) is 20.2 Å². The molecule has 34 heavy (non-hydrogen) atoms. The quantitative estimate of drug-likeness (QED) is 0.392. The molecule has 4 aliphatic carbocycles. The van der Waals surface area contributed by atoms with Crippen LogP contribution in [0.5, 0.6) is 23.0 Å². The predicted octanol–water partition coefficient (Wildman–Crippen LogP) is 7.25. The molecular weight excluding hydrogens is 434 g/mol. The summed E-state index contributed by atoms with van der Waals surface area (Å²) in [6, 6.07) is 14.3. The van der Waals surface area contributed by atoms with Gasteiger partial charge >= 0.3 is 0 Å². The molecule has 3 aromatic carbocycles. The van der Waals surface area contributed by atoms with Crippen LogP contribution in [0, 0.1) is 35.3 Å². The highest BCUT2D eigenvalue weighted by molar-refractivity contribution is 5.50. The fourth-order valence-electron chi connectivity index (χ4n) is 6.82. The largest absolute Gasteiger partial charge is 0.454 e. The van der Waals surface area contributed by atoms with E-state index in [0.717, 1.165) is 17.4 Å². The molecule has 4 aliphatic rings. The van der Waals surface area contributed by atoms with Crippen molar-refractivity contribution in [3.8, 4) is 23.0 Å². The Bertz CT molecular complexity index is 1220. The minimum atomic E-state index is -0.544. The maximum atomic E-state index is 14.6. The highest BCUT2D eigenvalue weighted by Crippen LogP contribution is 2.61. The lowest BCUT2D eigenvalue weighted by Crippen LogP contribution is -2.43. The van der Waals surface area contributed by atoms with Crippen LogP contribution < -0.4 is 20.9 Å². The van der Waals surface area contributed by atoms with E-state index in [1.54, 1.807) is 24.3 Å². The molecule has 0 saturated heterocycles. The highest BCUT2D eigenvalue weighted by atomic mass is 19.1. The molecule has 0 aliphatic heterocycles. The number of anilines is 2. The fourth-order valence-corrected chi connectivity index (χ4v) is 6.82. The van der Waals surface area contributed by atoms with E-state index in [-0.39, 0.29) is 11.5 Å². The molecule has 176 valence electrons. The average Bonchev–Trinajstić information content (AvgIpc) is 2.78. The van der Waals surface area contributed by atoms with Crippen molar-refractivity contribution in [3.63, 3.8) is 0 Å². The van der Waals surface area contributed by atoms with Crippen LogP contribution in [-0.4, -0.2) is 0 Å². The van der Waals surface area contributed by atoms with Gasteiger partial charge in [0.2, 0.25) is 0 Å². The number of rotatable bonds is 5. The lowest BCUT2D eigenvalue weighted by atomic mass is 9.50. The van der Waals surface area contributed by atoms with Crippen molar-refractivity contribution in [2.45, 2.75) is 38.0 Å². The van der Waals surface area contributed by atoms with Crippen molar-refractivity contribution in [2.24, 2.45) is 23.7 Å². The molecule has 7 rings (SSSR count). The zero-order valence-electron chi connectivity index (χ0n) is 18.8. The Labute approximate surface area is 197 Å². The fraction of sp³-hybridized carbons (Fsp3) is 0.357. The summed E-state index contributed by atoms with van der Waals surface area (Å²) < 4.78 is 41.0. The molecule has 0 atom stereocenters. The molecule has 3 aromatic rings. The first-order chi connectivity index (χ1) is 16.4. The van der Waals surface area contributed by atoms with E-state index in [0.29, 0.717) is 40.6 Å². The van der Waals surface area contributed by atoms with Crippen molar-refractivity contribution in [1.82, 2.24) is 0 Å². The molecule has 0 amide bonds. The summed E-state index contributed by atoms with van der Waals surface area (Å²) in [6.45, 7) is 0. The molecule has 4 nitrogen and oxygen atoms in total. The monoisotopic (exact) mass is 462 g/mol. The minimum Gasteiger partial charge on any atom is -0.454 e. The van der Waals surface area contributed by atoms with Gasteiger partial charge in [-0.3, -0.25) is 0 Å². The van der Waals surface area contributed by atoms with Gasteiger partial charge in [0.1, 0.15) is 11.5 Å². The molecule has 4 N–H and O–H groups in total. The van der Waals surface area contributed by atoms with Crippen molar-refractivity contribution < 1.29 is 18.3 Å². The van der Waals surface area contributed by atoms with Crippen LogP contribution in [0.15, 0.2) is 54.6 Å². The van der Waals surface area contributed by atoms with Crippen molar-refractivity contribution >= 4 is 11.4 Å². The Morgan fingerprint density at radius 3 is 1.74 bits per heavy atom. The molecule has 4 bridgehead atoms. The van der Waals surface area contributed by atoms with E-state index in [4.69, 9.17) is 20.9 Å². The van der Waals surface area contributed by atoms with Gasteiger partial charge < -0.3 is 20.9 Å². The zero-order chi connectivity index (χ0) is 23.4. The maximum Gasteiger partial charge on any atom is 0.167 e. The SMILES string of the molecule is Nc1ccc(Oc2ccc(C3C4CC5CC(C4)CC3C5)c(Oc3ccc(N)cc3F)c2)c(F)c1. The average molecular weight is 463 g/mol. The lowest BCUT2D eigenvalue weighted by Gasteiger charge is -2.54. The van der Waals surface area contributed by atoms with Crippen LogP contribution in [0.1, 0.15) is 43.6 Å². The first-order valence-electron chi connectivity index (χ1n) is 12.0. The first kappa shape index (κ1) is 21.3. The second-order valence-corrected chi connectivity index (χ2v) is 10.2. The summed E-state index contributed by atoms with van der Waals surface area (Å²) in [5.41, 5.74) is 13.1. The van der Waals surface area contributed by atoms with Gasteiger partial charge in [0.15, 0.2) is 23.1 Å². The van der Waals surface area contributed by atoms with Crippen LogP contribution in [-0.2, 0) is 0 Å². The Hall–Kier alpha value is -3.28. The lowest BCUT2D eigenvalue weighted by molar-refractivity contribution is -0.00338. The Morgan fingerprint density at radius 2 is 1.18 bits per heavy atom. The van der Waals surface area contributed by atoms with Gasteiger partial charge in [-0.05, 0) is 97.6 Å². The van der Waals surface area contributed by atoms with Crippen molar-refractivity contribution in [1.29, 1.82) is 0 Å². The van der Waals surface area contributed by atoms with E-state index in [1.165, 1.54) is 50.3 Å². The Balaban J connectivity index is 1.38. The van der Waals surface area contributed by atoms with Gasteiger partial charge in [0, 0.05) is 29.6 Å². The van der Waals surface area contributed by atoms with Gasteiger partial charge in [0.05, 0.1) is 0 Å². The van der Waals surface area contributed by atoms with E-state index in [1.807, 2.05) is 12.1 Å². The number of benzene rings is 3. The van der Waals surface area contributed by atoms with Crippen LogP contribution in [0.3, 0.4) is 0 Å². The van der Waals surface area contributed by atoms with E-state index in [9.17, 15) is 8.78 Å². The summed E-state index contributed by atoms with van der Waals surface area (Å²) in [6.07, 6.45) is 6.38. The number of hydrogen-bond acceptors (Lipinski definition) is 4. The third-order valence-electron chi connectivity index (χ3n) is 7.93. The number of halogens is 2. The van der Waals surface area contributed by atoms with Crippen LogP contribution in [0.2, 0.25) is 0 Å². The topological polar surface area (TPSA) is 70.5 Å². The predicted molar refractivity (Wildman–Crippen MR) is 128 cm³/mol. The third kappa shape index (κ3) is 3.85. The second-order valence-electron chi connectivity index (χ2n) is 10.2. The van der Waals surface area contributed by atoms with Gasteiger partial charge in [0.25, 0.3) is 0 Å². The standard InChI is InChI=1S/C28H28F2N2O2/c29-23-12-19(31)1-5-25(23)33-21-3-4-22(27(14-21)34-26-6-2-20(32)13-24(26)30)28-17-8-15-7-16(10-17)11-18(28)9-15/h1-6,12-18,28H,7-11,31-32H2. The normalized spacial score (nSPS) is 27.1. The summed E-state index contributed by atoms with van der Waals surface area (Å²) in [5, 5.41) is 0. The number of nitrogen functional groups attached to an aromatic ring is 2. The van der Waals surface area contributed by atoms with Crippen molar-refractivity contribution in [2.75, 3.05) is 11.5 Å². The van der Waals surface area contributed by atoms with Gasteiger partial charge in [-0.1, -0.05) is 6.07 Å². The van der Waals surface area contributed by atoms with E-state index >= 15 is 0 Å². The summed E-state index contributed by atoms with van der Waals surface area (Å²) in [7, 11) is 0. The van der Waals surface area contributed by atoms with Gasteiger partial charge in [-0.15, -0.1) is 0 Å². The van der Waals surface area contributed by atoms with Crippen LogP contribution in [0.25, 0.3) is 0 Å². The van der Waals surface area contributed by atoms with E-state index in [2.05, 4.69) is 0 Å². The Kier molecular flexibility index (Phi) is 5.12. The molecule has 0 unspecified atom stereocenters. The van der Waals surface area contributed by atoms with Crippen LogP contribution >= 0.6 is 0 Å². The molecular formula is C28H28F2N2O2. The number of ether oxygens (including phenoxy) is 2. The molecule has 0 aromatic heterocycles. The number of nitrogens with two attached hydrogens (primary N) is 2. The molecule has 0 radical (unpaired) electrons. The summed E-state index contributed by atoms with van der Waals surface area (Å²) in [4.78, 5) is 0. The summed E-state index contributed by atoms with van der Waals surface area (Å²) in [5.74, 6) is 3.38. The van der Waals surface area contributed by atoms with Crippen molar-refractivity contribution in [3.05, 3.63) is 71.8 Å². The molecule has 4 fully saturated rings. The second kappa shape index (κ2) is 8.19.